The molecular weight excluding hydrogens is 510 g/mol. The molecule has 3 nitrogen and oxygen atoms in total. The molecule has 5 aromatic rings. The van der Waals surface area contributed by atoms with Crippen molar-refractivity contribution in [2.45, 2.75) is 87.5 Å². The average molecular weight is 556 g/mol. The van der Waals surface area contributed by atoms with E-state index >= 15 is 0 Å². The van der Waals surface area contributed by atoms with E-state index in [0.29, 0.717) is 0 Å². The van der Waals surface area contributed by atoms with Gasteiger partial charge in [0.15, 0.2) is 11.6 Å². The van der Waals surface area contributed by atoms with Crippen LogP contribution in [0.4, 0.5) is 0 Å². The molecule has 0 fully saturated rings. The van der Waals surface area contributed by atoms with Crippen molar-refractivity contribution >= 4 is 0 Å². The molecule has 0 N–H and O–H groups in total. The number of aryl methyl sites for hydroxylation is 8. The molecule has 0 aliphatic carbocycles. The van der Waals surface area contributed by atoms with E-state index in [0.717, 1.165) is 34.9 Å². The fourth-order valence-corrected chi connectivity index (χ4v) is 6.61. The summed E-state index contributed by atoms with van der Waals surface area (Å²) in [5, 5.41) is 5.20. The molecule has 0 saturated heterocycles. The van der Waals surface area contributed by atoms with Gasteiger partial charge < -0.3 is 0 Å². The first kappa shape index (κ1) is 29.5. The van der Waals surface area contributed by atoms with Gasteiger partial charge in [-0.3, -0.25) is 0 Å². The molecule has 0 saturated carbocycles. The van der Waals surface area contributed by atoms with Crippen molar-refractivity contribution in [1.82, 2.24) is 14.8 Å². The monoisotopic (exact) mass is 555 g/mol. The van der Waals surface area contributed by atoms with Crippen molar-refractivity contribution in [3.05, 3.63) is 111 Å². The van der Waals surface area contributed by atoms with Gasteiger partial charge >= 0.3 is 0 Å². The van der Waals surface area contributed by atoms with Gasteiger partial charge in [0.1, 0.15) is 0 Å². The van der Waals surface area contributed by atoms with Crippen LogP contribution < -0.4 is 0 Å². The van der Waals surface area contributed by atoms with E-state index in [1.165, 1.54) is 81.3 Å². The second-order valence-corrected chi connectivity index (χ2v) is 12.3. The molecule has 5 rings (SSSR count). The molecule has 0 radical (unpaired) electrons. The lowest BCUT2D eigenvalue weighted by Crippen LogP contribution is -2.06. The second-order valence-electron chi connectivity index (χ2n) is 12.3. The molecule has 1 aromatic heterocycles. The Morgan fingerprint density at radius 2 is 1.21 bits per heavy atom. The van der Waals surface area contributed by atoms with Gasteiger partial charge in [-0.25, -0.2) is 9.67 Å². The molecular formula is C39H45N3. The molecule has 3 heteroatoms. The zero-order valence-electron chi connectivity index (χ0n) is 26.7. The highest BCUT2D eigenvalue weighted by Gasteiger charge is 2.20. The van der Waals surface area contributed by atoms with Gasteiger partial charge in [0.05, 0.1) is 5.69 Å². The van der Waals surface area contributed by atoms with E-state index in [2.05, 4.69) is 127 Å². The number of hydrogen-bond donors (Lipinski definition) is 0. The first-order valence-electron chi connectivity index (χ1n) is 15.5. The fraction of sp³-hybridized carbons (Fsp3) is 0.333. The van der Waals surface area contributed by atoms with Crippen LogP contribution in [0.3, 0.4) is 0 Å². The van der Waals surface area contributed by atoms with Crippen molar-refractivity contribution in [1.29, 1.82) is 0 Å². The average Bonchev–Trinajstić information content (AvgIpc) is 3.35. The predicted molar refractivity (Wildman–Crippen MR) is 179 cm³/mol. The Balaban J connectivity index is 1.66. The maximum absolute atomic E-state index is 5.23. The molecule has 1 heterocycles. The molecule has 0 atom stereocenters. The zero-order valence-corrected chi connectivity index (χ0v) is 26.7. The number of hydrogen-bond acceptors (Lipinski definition) is 2. The largest absolute Gasteiger partial charge is 0.212 e. The zero-order chi connectivity index (χ0) is 30.0. The van der Waals surface area contributed by atoms with Crippen molar-refractivity contribution in [2.75, 3.05) is 0 Å². The summed E-state index contributed by atoms with van der Waals surface area (Å²) in [6.45, 7) is 17.6. The third-order valence-corrected chi connectivity index (χ3v) is 8.26. The normalized spacial score (nSPS) is 11.3. The number of nitrogens with zero attached hydrogens (tertiary/aromatic N) is 3. The van der Waals surface area contributed by atoms with Crippen molar-refractivity contribution in [2.24, 2.45) is 0 Å². The van der Waals surface area contributed by atoms with E-state index in [1.807, 2.05) is 0 Å². The van der Waals surface area contributed by atoms with Crippen molar-refractivity contribution < 1.29 is 0 Å². The smallest absolute Gasteiger partial charge is 0.182 e. The lowest BCUT2D eigenvalue weighted by Gasteiger charge is -2.16. The molecule has 216 valence electrons. The SMILES string of the molecule is CCCCCCc1cc(C)c(-n2nc(-c3cc(C)cc(C)c3)nc2-c2cccc(-c3c(C)cc(C)cc3C)c2)c(C)c1. The first-order chi connectivity index (χ1) is 20.1. The van der Waals surface area contributed by atoms with Crippen LogP contribution in [-0.2, 0) is 6.42 Å². The van der Waals surface area contributed by atoms with Gasteiger partial charge in [0, 0.05) is 11.1 Å². The lowest BCUT2D eigenvalue weighted by atomic mass is 9.93. The number of rotatable bonds is 9. The minimum Gasteiger partial charge on any atom is -0.212 e. The van der Waals surface area contributed by atoms with Crippen LogP contribution in [0.15, 0.2) is 66.7 Å². The highest BCUT2D eigenvalue weighted by Crippen LogP contribution is 2.34. The molecule has 4 aromatic carbocycles. The van der Waals surface area contributed by atoms with Crippen LogP contribution in [0, 0.1) is 48.5 Å². The molecule has 0 amide bonds. The third kappa shape index (κ3) is 6.26. The van der Waals surface area contributed by atoms with Crippen LogP contribution in [-0.4, -0.2) is 14.8 Å². The van der Waals surface area contributed by atoms with Crippen molar-refractivity contribution in [3.63, 3.8) is 0 Å². The molecule has 42 heavy (non-hydrogen) atoms. The summed E-state index contributed by atoms with van der Waals surface area (Å²) in [5.74, 6) is 1.63. The van der Waals surface area contributed by atoms with E-state index in [-0.39, 0.29) is 0 Å². The Morgan fingerprint density at radius 3 is 1.86 bits per heavy atom. The molecule has 0 bridgehead atoms. The Bertz CT molecular complexity index is 1670. The molecule has 0 unspecified atom stereocenters. The van der Waals surface area contributed by atoms with Gasteiger partial charge in [0.2, 0.25) is 0 Å². The van der Waals surface area contributed by atoms with Gasteiger partial charge in [-0.05, 0) is 118 Å². The quantitative estimate of drug-likeness (QED) is 0.169. The maximum atomic E-state index is 5.23. The van der Waals surface area contributed by atoms with Crippen LogP contribution >= 0.6 is 0 Å². The van der Waals surface area contributed by atoms with Crippen LogP contribution in [0.5, 0.6) is 0 Å². The maximum Gasteiger partial charge on any atom is 0.182 e. The highest BCUT2D eigenvalue weighted by molar-refractivity contribution is 5.76. The summed E-state index contributed by atoms with van der Waals surface area (Å²) in [5.41, 5.74) is 15.9. The van der Waals surface area contributed by atoms with Crippen LogP contribution in [0.25, 0.3) is 39.6 Å². The van der Waals surface area contributed by atoms with Crippen LogP contribution in [0.1, 0.15) is 77.1 Å². The van der Waals surface area contributed by atoms with E-state index in [1.54, 1.807) is 0 Å². The summed E-state index contributed by atoms with van der Waals surface area (Å²) in [4.78, 5) is 5.23. The topological polar surface area (TPSA) is 30.7 Å². The Morgan fingerprint density at radius 1 is 0.595 bits per heavy atom. The molecule has 0 spiro atoms. The van der Waals surface area contributed by atoms with E-state index < -0.39 is 0 Å². The standard InChI is InChI=1S/C39H45N3/c1-9-10-11-12-14-32-22-30(7)37(31(8)23-32)42-39(40-38(41-42)35-20-25(2)17-26(3)21-35)34-16-13-15-33(24-34)36-28(5)18-27(4)19-29(36)6/h13,15-24H,9-12,14H2,1-8H3. The lowest BCUT2D eigenvalue weighted by molar-refractivity contribution is 0.666. The van der Waals surface area contributed by atoms with E-state index in [9.17, 15) is 0 Å². The molecule has 0 aliphatic rings. The van der Waals surface area contributed by atoms with Gasteiger partial charge in [-0.2, -0.15) is 0 Å². The van der Waals surface area contributed by atoms with Gasteiger partial charge in [0.25, 0.3) is 0 Å². The third-order valence-electron chi connectivity index (χ3n) is 8.26. The summed E-state index contributed by atoms with van der Waals surface area (Å²) >= 11 is 0. The second kappa shape index (κ2) is 12.5. The summed E-state index contributed by atoms with van der Waals surface area (Å²) in [7, 11) is 0. The first-order valence-corrected chi connectivity index (χ1v) is 15.5. The minimum absolute atomic E-state index is 0.757. The van der Waals surface area contributed by atoms with Gasteiger partial charge in [-0.1, -0.05) is 91.4 Å². The number of unbranched alkanes of at least 4 members (excludes halogenated alkanes) is 3. The van der Waals surface area contributed by atoms with Crippen molar-refractivity contribution in [3.8, 4) is 39.6 Å². The predicted octanol–water partition coefficient (Wildman–Crippen LogP) is 10.6. The highest BCUT2D eigenvalue weighted by atomic mass is 15.4. The number of benzene rings is 4. The Kier molecular flexibility index (Phi) is 8.77. The Labute approximate surface area is 252 Å². The van der Waals surface area contributed by atoms with Crippen LogP contribution in [0.2, 0.25) is 0 Å². The summed E-state index contributed by atoms with van der Waals surface area (Å²) in [6.07, 6.45) is 6.22. The van der Waals surface area contributed by atoms with E-state index in [4.69, 9.17) is 10.1 Å². The number of aromatic nitrogens is 3. The fourth-order valence-electron chi connectivity index (χ4n) is 6.61. The minimum atomic E-state index is 0.757. The van der Waals surface area contributed by atoms with Gasteiger partial charge in [-0.15, -0.1) is 5.10 Å². The summed E-state index contributed by atoms with van der Waals surface area (Å²) in [6, 6.07) is 24.6. The Hall–Kier alpha value is -3.98. The summed E-state index contributed by atoms with van der Waals surface area (Å²) < 4.78 is 2.09. The molecule has 0 aliphatic heterocycles.